The maximum atomic E-state index is 13.4. The molecular weight excluding hydrogens is 620 g/mol. The zero-order chi connectivity index (χ0) is 31.6. The smallest absolute Gasteiger partial charge is 0.264 e. The number of aliphatic hydroxyl groups is 1. The highest BCUT2D eigenvalue weighted by Gasteiger charge is 2.48. The van der Waals surface area contributed by atoms with Crippen LogP contribution in [0.15, 0.2) is 48.6 Å². The van der Waals surface area contributed by atoms with Gasteiger partial charge < -0.3 is 19.3 Å². The van der Waals surface area contributed by atoms with Crippen molar-refractivity contribution in [3.05, 3.63) is 70.3 Å². The van der Waals surface area contributed by atoms with E-state index in [1.54, 1.807) is 37.5 Å². The number of hydrogen-bond donors (Lipinski definition) is 2. The molecule has 11 heteroatoms. The summed E-state index contributed by atoms with van der Waals surface area (Å²) in [4.78, 5) is 15.6. The van der Waals surface area contributed by atoms with Gasteiger partial charge in [0.2, 0.25) is 10.0 Å². The molecule has 1 fully saturated rings. The molecular formula is C33H43ClN2O6S2. The largest absolute Gasteiger partial charge is 0.616 e. The first kappa shape index (κ1) is 33.1. The summed E-state index contributed by atoms with van der Waals surface area (Å²) in [6, 6.07) is 10.9. The minimum absolute atomic E-state index is 0.104. The summed E-state index contributed by atoms with van der Waals surface area (Å²) >= 11 is 5.08. The Morgan fingerprint density at radius 3 is 2.68 bits per heavy atom. The molecule has 2 heterocycles. The molecule has 2 aliphatic heterocycles. The van der Waals surface area contributed by atoms with Crippen LogP contribution in [-0.2, 0) is 34.2 Å². The summed E-state index contributed by atoms with van der Waals surface area (Å²) in [5.74, 6) is -0.266. The maximum Gasteiger partial charge on any atom is 0.264 e. The van der Waals surface area contributed by atoms with Gasteiger partial charge in [-0.15, -0.1) is 0 Å². The molecule has 1 aliphatic carbocycles. The van der Waals surface area contributed by atoms with Crippen molar-refractivity contribution in [3.8, 4) is 5.75 Å². The lowest BCUT2D eigenvalue weighted by molar-refractivity contribution is -0.0287. The number of aryl methyl sites for hydroxylation is 1. The van der Waals surface area contributed by atoms with E-state index >= 15 is 0 Å². The van der Waals surface area contributed by atoms with E-state index in [2.05, 4.69) is 9.62 Å². The number of carbonyl (C=O) groups excluding carboxylic acids is 1. The second-order valence-corrected chi connectivity index (χ2v) is 16.6. The van der Waals surface area contributed by atoms with Gasteiger partial charge in [-0.3, -0.25) is 4.79 Å². The lowest BCUT2D eigenvalue weighted by Gasteiger charge is -2.47. The standard InChI is InChI=1S/C33H43ClN2O6S2/c1-22-7-6-15-33(38,21-43(3)39)29-13-10-26(29)19-36-16-5-4-8-24-17-28(34)12-9-27(24)20-42-31-14-11-25(18-30(31)36)32(37)35-44(40,41)23(22)2/h6,9,11-12,14-15,17-18,22-23,26,29,38H,4-5,7-8,10,13,16,19-21H2,1-3H3,(H,35,37)/b15-6+/t22-,23+,26-,29+,33-,43-/m0/s1. The number of hydrogen-bond acceptors (Lipinski definition) is 7. The van der Waals surface area contributed by atoms with Crippen molar-refractivity contribution >= 4 is 44.4 Å². The number of allylic oxidation sites excluding steroid dienone is 1. The third-order valence-electron chi connectivity index (χ3n) is 9.63. The molecule has 2 N–H and O–H groups in total. The van der Waals surface area contributed by atoms with Gasteiger partial charge in [0.25, 0.3) is 5.91 Å². The number of nitrogens with one attached hydrogen (secondary N) is 1. The SMILES string of the molecule is C[C@@H]1[C@@H](C)C/C=C/[C@](O)(C[S@+](C)[O-])[C@@H]2CC[C@H]2CN2CCCCc3cc(Cl)ccc3COc3ccc(cc32)C(=O)NS1(=O)=O. The predicted octanol–water partition coefficient (Wildman–Crippen LogP) is 5.24. The highest BCUT2D eigenvalue weighted by molar-refractivity contribution is 7.91. The highest BCUT2D eigenvalue weighted by Crippen LogP contribution is 2.45. The summed E-state index contributed by atoms with van der Waals surface area (Å²) < 4.78 is 47.6. The summed E-state index contributed by atoms with van der Waals surface area (Å²) in [6.07, 6.45) is 9.92. The number of anilines is 1. The fraction of sp³-hybridized carbons (Fsp3) is 0.545. The molecule has 0 aromatic heterocycles. The average molecular weight is 663 g/mol. The van der Waals surface area contributed by atoms with Crippen LogP contribution in [0.1, 0.15) is 67.4 Å². The van der Waals surface area contributed by atoms with Crippen molar-refractivity contribution in [2.24, 2.45) is 17.8 Å². The molecule has 1 saturated carbocycles. The van der Waals surface area contributed by atoms with E-state index in [9.17, 15) is 22.9 Å². The van der Waals surface area contributed by atoms with Crippen molar-refractivity contribution < 1.29 is 27.6 Å². The average Bonchev–Trinajstić information content (AvgIpc) is 2.96. The van der Waals surface area contributed by atoms with E-state index in [1.165, 1.54) is 0 Å². The van der Waals surface area contributed by atoms with Crippen molar-refractivity contribution in [2.45, 2.75) is 69.8 Å². The predicted molar refractivity (Wildman–Crippen MR) is 176 cm³/mol. The summed E-state index contributed by atoms with van der Waals surface area (Å²) in [5.41, 5.74) is 1.86. The van der Waals surface area contributed by atoms with Gasteiger partial charge in [0.05, 0.1) is 17.2 Å². The summed E-state index contributed by atoms with van der Waals surface area (Å²) in [7, 11) is -3.99. The Hall–Kier alpha value is -2.24. The van der Waals surface area contributed by atoms with Crippen LogP contribution in [0.5, 0.6) is 5.75 Å². The number of sulfonamides is 1. The molecule has 0 radical (unpaired) electrons. The number of ether oxygens (including phenoxy) is 1. The lowest BCUT2D eigenvalue weighted by atomic mass is 9.64. The van der Waals surface area contributed by atoms with Crippen molar-refractivity contribution in [2.75, 3.05) is 30.0 Å². The number of amides is 1. The first-order valence-electron chi connectivity index (χ1n) is 15.4. The van der Waals surface area contributed by atoms with Crippen LogP contribution in [0.4, 0.5) is 5.69 Å². The van der Waals surface area contributed by atoms with Crippen molar-refractivity contribution in [1.29, 1.82) is 0 Å². The van der Waals surface area contributed by atoms with Gasteiger partial charge in [-0.05, 0) is 98.7 Å². The Kier molecular flexibility index (Phi) is 10.3. The molecule has 2 bridgehead atoms. The zero-order valence-electron chi connectivity index (χ0n) is 25.6. The van der Waals surface area contributed by atoms with Gasteiger partial charge in [-0.2, -0.15) is 0 Å². The monoisotopic (exact) mass is 662 g/mol. The molecule has 1 amide bonds. The fourth-order valence-electron chi connectivity index (χ4n) is 6.68. The van der Waals surface area contributed by atoms with Crippen molar-refractivity contribution in [1.82, 2.24) is 4.72 Å². The highest BCUT2D eigenvalue weighted by atomic mass is 35.5. The summed E-state index contributed by atoms with van der Waals surface area (Å²) in [5, 5.41) is 11.8. The molecule has 44 heavy (non-hydrogen) atoms. The van der Waals surface area contributed by atoms with Crippen LogP contribution in [0, 0.1) is 17.8 Å². The van der Waals surface area contributed by atoms with Gasteiger partial charge in [0.15, 0.2) is 0 Å². The number of benzene rings is 2. The lowest BCUT2D eigenvalue weighted by Crippen LogP contribution is -2.53. The molecule has 6 atom stereocenters. The molecule has 5 rings (SSSR count). The van der Waals surface area contributed by atoms with Gasteiger partial charge in [0.1, 0.15) is 23.7 Å². The van der Waals surface area contributed by atoms with Gasteiger partial charge in [-0.25, -0.2) is 13.1 Å². The third-order valence-corrected chi connectivity index (χ3v) is 12.6. The summed E-state index contributed by atoms with van der Waals surface area (Å²) in [6.45, 7) is 5.01. The number of rotatable bonds is 2. The molecule has 0 saturated heterocycles. The molecule has 2 aromatic rings. The molecule has 3 aliphatic rings. The number of carbonyl (C=O) groups is 1. The van der Waals surface area contributed by atoms with Gasteiger partial charge in [-0.1, -0.05) is 47.9 Å². The van der Waals surface area contributed by atoms with E-state index in [0.717, 1.165) is 43.2 Å². The Labute approximate surface area is 269 Å². The van der Waals surface area contributed by atoms with E-state index < -0.39 is 38.0 Å². The quantitative estimate of drug-likeness (QED) is 0.333. The number of fused-ring (bicyclic) bond motifs is 3. The van der Waals surface area contributed by atoms with Gasteiger partial charge >= 0.3 is 0 Å². The Bertz CT molecular complexity index is 1500. The van der Waals surface area contributed by atoms with Crippen LogP contribution in [-0.4, -0.2) is 59.9 Å². The van der Waals surface area contributed by atoms with E-state index in [4.69, 9.17) is 16.3 Å². The normalized spacial score (nSPS) is 30.7. The van der Waals surface area contributed by atoms with Crippen LogP contribution >= 0.6 is 11.6 Å². The first-order valence-corrected chi connectivity index (χ1v) is 19.1. The fourth-order valence-corrected chi connectivity index (χ4v) is 9.12. The van der Waals surface area contributed by atoms with Gasteiger partial charge in [0, 0.05) is 29.6 Å². The topological polar surface area (TPSA) is 119 Å². The molecule has 2 aromatic carbocycles. The van der Waals surface area contributed by atoms with E-state index in [1.807, 2.05) is 31.2 Å². The zero-order valence-corrected chi connectivity index (χ0v) is 28.0. The molecule has 0 spiro atoms. The van der Waals surface area contributed by atoms with Crippen LogP contribution in [0.2, 0.25) is 5.02 Å². The maximum absolute atomic E-state index is 13.4. The molecule has 8 nitrogen and oxygen atoms in total. The minimum atomic E-state index is -3.99. The van der Waals surface area contributed by atoms with Crippen LogP contribution in [0.25, 0.3) is 0 Å². The van der Waals surface area contributed by atoms with Crippen molar-refractivity contribution in [3.63, 3.8) is 0 Å². The molecule has 0 unspecified atom stereocenters. The third kappa shape index (κ3) is 7.41. The number of nitrogens with zero attached hydrogens (tertiary/aromatic N) is 1. The first-order chi connectivity index (χ1) is 20.9. The minimum Gasteiger partial charge on any atom is -0.616 e. The van der Waals surface area contributed by atoms with Crippen LogP contribution in [0.3, 0.4) is 0 Å². The Morgan fingerprint density at radius 1 is 1.16 bits per heavy atom. The Balaban J connectivity index is 1.57. The second kappa shape index (κ2) is 13.6. The Morgan fingerprint density at radius 2 is 1.95 bits per heavy atom. The van der Waals surface area contributed by atoms with E-state index in [0.29, 0.717) is 42.6 Å². The number of halogens is 1. The second-order valence-electron chi connectivity index (χ2n) is 12.7. The molecule has 240 valence electrons. The van der Waals surface area contributed by atoms with Crippen LogP contribution < -0.4 is 14.4 Å². The van der Waals surface area contributed by atoms with E-state index in [-0.39, 0.29) is 29.1 Å².